The lowest BCUT2D eigenvalue weighted by Gasteiger charge is -2.36. The van der Waals surface area contributed by atoms with E-state index in [-0.39, 0.29) is 49.0 Å². The molecule has 0 aliphatic carbocycles. The van der Waals surface area contributed by atoms with Gasteiger partial charge in [0.2, 0.25) is 17.7 Å². The Hall–Kier alpha value is -4.90. The summed E-state index contributed by atoms with van der Waals surface area (Å²) in [5.41, 5.74) is 2.02. The van der Waals surface area contributed by atoms with Gasteiger partial charge in [0.25, 0.3) is 5.91 Å². The lowest BCUT2D eigenvalue weighted by molar-refractivity contribution is -0.138. The number of piperazine rings is 1. The van der Waals surface area contributed by atoms with Gasteiger partial charge in [-0.3, -0.25) is 19.2 Å². The molecule has 11 heteroatoms. The van der Waals surface area contributed by atoms with Crippen LogP contribution in [0.25, 0.3) is 0 Å². The number of fused-ring (bicyclic) bond motifs is 1. The molecule has 48 heavy (non-hydrogen) atoms. The number of nitrogens with zero attached hydrogens (tertiary/aromatic N) is 3. The van der Waals surface area contributed by atoms with Crippen molar-refractivity contribution in [3.63, 3.8) is 0 Å². The molecule has 0 unspecified atom stereocenters. The molecule has 2 heterocycles. The molecular weight excluding hydrogens is 610 g/mol. The van der Waals surface area contributed by atoms with E-state index >= 15 is 0 Å². The van der Waals surface area contributed by atoms with E-state index in [0.717, 1.165) is 30.8 Å². The number of aromatic hydroxyl groups is 1. The van der Waals surface area contributed by atoms with Crippen LogP contribution in [0.3, 0.4) is 0 Å². The van der Waals surface area contributed by atoms with Crippen molar-refractivity contribution >= 4 is 23.6 Å². The summed E-state index contributed by atoms with van der Waals surface area (Å²) in [6.07, 6.45) is 0.636. The summed E-state index contributed by atoms with van der Waals surface area (Å²) in [5, 5.41) is 15.6. The van der Waals surface area contributed by atoms with E-state index in [4.69, 9.17) is 4.74 Å². The van der Waals surface area contributed by atoms with Gasteiger partial charge in [-0.2, -0.15) is 0 Å². The van der Waals surface area contributed by atoms with Crippen LogP contribution in [0.15, 0.2) is 78.9 Å². The smallest absolute Gasteiger partial charge is 0.255 e. The standard InChI is InChI=1S/C37H45N5O6/c1-3-41-19-21-42(22-20-41)37(47)31-17-18-34(44)38-32(24-27-13-15-29(43)16-14-27)36(46)40(2)28(23-26-9-5-4-6-10-26)25-48-33-12-8-7-11-30(33)35(45)39-31/h4-16,28,31-32,43H,3,17-25H2,1-2H3,(H,38,44)(H,39,45)/t28-,31+,32+/m1/s1. The molecule has 3 aromatic rings. The third-order valence-electron chi connectivity index (χ3n) is 9.18. The molecule has 1 saturated heterocycles. The molecule has 3 N–H and O–H groups in total. The molecule has 11 nitrogen and oxygen atoms in total. The second-order valence-electron chi connectivity index (χ2n) is 12.4. The fraction of sp³-hybridized carbons (Fsp3) is 0.405. The molecule has 2 aliphatic rings. The van der Waals surface area contributed by atoms with Crippen LogP contribution >= 0.6 is 0 Å². The van der Waals surface area contributed by atoms with Gasteiger partial charge in [0.1, 0.15) is 30.2 Å². The van der Waals surface area contributed by atoms with Crippen molar-refractivity contribution in [2.45, 2.75) is 50.7 Å². The first-order valence-corrected chi connectivity index (χ1v) is 16.6. The molecule has 5 rings (SSSR count). The second kappa shape index (κ2) is 16.3. The SMILES string of the molecule is CCN1CCN(C(=O)[C@@H]2CCC(=O)N[C@@H](Cc3ccc(O)cc3)C(=O)N(C)[C@H](Cc3ccccc3)COc3ccccc3C(=O)N2)CC1. The number of amides is 4. The molecule has 3 atom stereocenters. The number of hydrogen-bond donors (Lipinski definition) is 3. The minimum absolute atomic E-state index is 0.0556. The Morgan fingerprint density at radius 2 is 1.52 bits per heavy atom. The van der Waals surface area contributed by atoms with Crippen molar-refractivity contribution in [2.75, 3.05) is 46.4 Å². The molecule has 2 aliphatic heterocycles. The Morgan fingerprint density at radius 1 is 0.854 bits per heavy atom. The van der Waals surface area contributed by atoms with Crippen LogP contribution in [0.5, 0.6) is 11.5 Å². The van der Waals surface area contributed by atoms with Gasteiger partial charge in [-0.1, -0.05) is 61.5 Å². The number of carbonyl (C=O) groups is 4. The van der Waals surface area contributed by atoms with E-state index in [0.29, 0.717) is 25.3 Å². The Morgan fingerprint density at radius 3 is 2.23 bits per heavy atom. The Balaban J connectivity index is 1.46. The number of para-hydroxylation sites is 1. The molecule has 0 radical (unpaired) electrons. The van der Waals surface area contributed by atoms with Gasteiger partial charge in [0.15, 0.2) is 0 Å². The topological polar surface area (TPSA) is 132 Å². The maximum absolute atomic E-state index is 14.2. The average molecular weight is 656 g/mol. The maximum Gasteiger partial charge on any atom is 0.255 e. The number of phenolic OH excluding ortho intramolecular Hbond substituents is 1. The van der Waals surface area contributed by atoms with E-state index in [1.54, 1.807) is 65.4 Å². The van der Waals surface area contributed by atoms with Crippen molar-refractivity contribution in [3.8, 4) is 11.5 Å². The number of carbonyl (C=O) groups excluding carboxylic acids is 4. The number of benzene rings is 3. The Bertz CT molecular complexity index is 1560. The summed E-state index contributed by atoms with van der Waals surface area (Å²) in [6, 6.07) is 20.8. The van der Waals surface area contributed by atoms with Crippen molar-refractivity contribution in [2.24, 2.45) is 0 Å². The molecule has 254 valence electrons. The highest BCUT2D eigenvalue weighted by Gasteiger charge is 2.33. The van der Waals surface area contributed by atoms with Gasteiger partial charge >= 0.3 is 0 Å². The molecule has 0 aromatic heterocycles. The molecule has 0 bridgehead atoms. The van der Waals surface area contributed by atoms with E-state index in [1.165, 1.54) is 0 Å². The second-order valence-corrected chi connectivity index (χ2v) is 12.4. The maximum atomic E-state index is 14.2. The van der Waals surface area contributed by atoms with Crippen LogP contribution < -0.4 is 15.4 Å². The predicted octanol–water partition coefficient (Wildman–Crippen LogP) is 2.62. The van der Waals surface area contributed by atoms with E-state index < -0.39 is 29.9 Å². The third kappa shape index (κ3) is 8.92. The molecule has 4 amide bonds. The van der Waals surface area contributed by atoms with Crippen LogP contribution in [0.4, 0.5) is 0 Å². The predicted molar refractivity (Wildman–Crippen MR) is 182 cm³/mol. The summed E-state index contributed by atoms with van der Waals surface area (Å²) in [4.78, 5) is 60.9. The zero-order valence-corrected chi connectivity index (χ0v) is 27.6. The minimum Gasteiger partial charge on any atom is -0.508 e. The lowest BCUT2D eigenvalue weighted by atomic mass is 10.0. The molecule has 0 saturated carbocycles. The summed E-state index contributed by atoms with van der Waals surface area (Å²) < 4.78 is 6.29. The number of rotatable bonds is 6. The number of phenols is 1. The number of ether oxygens (including phenoxy) is 1. The van der Waals surface area contributed by atoms with Crippen molar-refractivity contribution < 1.29 is 29.0 Å². The van der Waals surface area contributed by atoms with Crippen molar-refractivity contribution in [1.82, 2.24) is 25.3 Å². The van der Waals surface area contributed by atoms with E-state index in [9.17, 15) is 24.3 Å². The average Bonchev–Trinajstić information content (AvgIpc) is 3.11. The fourth-order valence-corrected chi connectivity index (χ4v) is 6.19. The monoisotopic (exact) mass is 655 g/mol. The van der Waals surface area contributed by atoms with Crippen LogP contribution in [-0.4, -0.2) is 108 Å². The zero-order valence-electron chi connectivity index (χ0n) is 27.6. The summed E-state index contributed by atoms with van der Waals surface area (Å²) >= 11 is 0. The number of nitrogens with one attached hydrogen (secondary N) is 2. The molecular formula is C37H45N5O6. The molecule has 3 aromatic carbocycles. The summed E-state index contributed by atoms with van der Waals surface area (Å²) in [5.74, 6) is -0.993. The first-order chi connectivity index (χ1) is 23.2. The van der Waals surface area contributed by atoms with Crippen LogP contribution in [0.2, 0.25) is 0 Å². The van der Waals surface area contributed by atoms with Gasteiger partial charge in [-0.05, 0) is 54.8 Å². The van der Waals surface area contributed by atoms with E-state index in [2.05, 4.69) is 22.5 Å². The highest BCUT2D eigenvalue weighted by molar-refractivity contribution is 6.00. The van der Waals surface area contributed by atoms with Gasteiger partial charge in [0, 0.05) is 46.1 Å². The fourth-order valence-electron chi connectivity index (χ4n) is 6.19. The van der Waals surface area contributed by atoms with Gasteiger partial charge in [-0.15, -0.1) is 0 Å². The number of hydrogen-bond acceptors (Lipinski definition) is 7. The first-order valence-electron chi connectivity index (χ1n) is 16.6. The largest absolute Gasteiger partial charge is 0.508 e. The molecule has 1 fully saturated rings. The Labute approximate surface area is 281 Å². The van der Waals surface area contributed by atoms with E-state index in [1.807, 2.05) is 30.3 Å². The Kier molecular flexibility index (Phi) is 11.7. The quantitative estimate of drug-likeness (QED) is 0.372. The summed E-state index contributed by atoms with van der Waals surface area (Å²) in [7, 11) is 1.69. The van der Waals surface area contributed by atoms with Gasteiger partial charge in [0.05, 0.1) is 11.6 Å². The highest BCUT2D eigenvalue weighted by Crippen LogP contribution is 2.22. The summed E-state index contributed by atoms with van der Waals surface area (Å²) in [6.45, 7) is 5.58. The third-order valence-corrected chi connectivity index (χ3v) is 9.18. The first kappa shape index (κ1) is 34.4. The highest BCUT2D eigenvalue weighted by atomic mass is 16.5. The van der Waals surface area contributed by atoms with Crippen LogP contribution in [0, 0.1) is 0 Å². The minimum atomic E-state index is -0.950. The zero-order chi connectivity index (χ0) is 34.0. The number of likely N-dealkylation sites (N-methyl/N-ethyl adjacent to an activating group) is 2. The van der Waals surface area contributed by atoms with Crippen molar-refractivity contribution in [3.05, 3.63) is 95.6 Å². The normalized spacial score (nSPS) is 21.6. The van der Waals surface area contributed by atoms with Crippen LogP contribution in [0.1, 0.15) is 41.3 Å². The van der Waals surface area contributed by atoms with Gasteiger partial charge in [-0.25, -0.2) is 0 Å². The van der Waals surface area contributed by atoms with Crippen LogP contribution in [-0.2, 0) is 27.2 Å². The van der Waals surface area contributed by atoms with Crippen molar-refractivity contribution in [1.29, 1.82) is 0 Å². The molecule has 0 spiro atoms. The van der Waals surface area contributed by atoms with Gasteiger partial charge < -0.3 is 35.2 Å². The lowest BCUT2D eigenvalue weighted by Crippen LogP contribution is -2.55.